The lowest BCUT2D eigenvalue weighted by molar-refractivity contribution is 0.0926. The molecule has 0 unspecified atom stereocenters. The smallest absolute Gasteiger partial charge is 0.255 e. The summed E-state index contributed by atoms with van der Waals surface area (Å²) in [5.74, 6) is -0.789. The number of hydrogen-bond donors (Lipinski definition) is 3. The van der Waals surface area contributed by atoms with E-state index in [1.807, 2.05) is 0 Å². The summed E-state index contributed by atoms with van der Waals surface area (Å²) in [6, 6.07) is 10.5. The van der Waals surface area contributed by atoms with Gasteiger partial charge in [-0.3, -0.25) is 9.59 Å². The van der Waals surface area contributed by atoms with E-state index in [-0.39, 0.29) is 46.1 Å². The largest absolute Gasteiger partial charge is 0.383 e. The summed E-state index contributed by atoms with van der Waals surface area (Å²) >= 11 is 6.23. The van der Waals surface area contributed by atoms with Crippen LogP contribution in [0.15, 0.2) is 47.4 Å². The Bertz CT molecular complexity index is 1100. The van der Waals surface area contributed by atoms with Crippen molar-refractivity contribution in [3.8, 4) is 0 Å². The first kappa shape index (κ1) is 25.2. The van der Waals surface area contributed by atoms with Crippen LogP contribution in [-0.2, 0) is 14.8 Å². The number of hydrogen-bond acceptors (Lipinski definition) is 5. The molecule has 3 N–H and O–H groups in total. The second-order valence-corrected chi connectivity index (χ2v) is 10.0. The Kier molecular flexibility index (Phi) is 8.85. The second-order valence-electron chi connectivity index (χ2n) is 7.88. The highest BCUT2D eigenvalue weighted by atomic mass is 35.5. The third-order valence-corrected chi connectivity index (χ3v) is 7.20. The number of amides is 2. The number of ether oxygens (including phenoxy) is 1. The number of halogens is 1. The predicted molar refractivity (Wildman–Crippen MR) is 127 cm³/mol. The summed E-state index contributed by atoms with van der Waals surface area (Å²) in [7, 11) is -2.31. The highest BCUT2D eigenvalue weighted by Crippen LogP contribution is 2.23. The summed E-state index contributed by atoms with van der Waals surface area (Å²) in [5, 5.41) is 6.01. The molecule has 33 heavy (non-hydrogen) atoms. The molecule has 8 nitrogen and oxygen atoms in total. The molecule has 0 bridgehead atoms. The van der Waals surface area contributed by atoms with Gasteiger partial charge in [-0.15, -0.1) is 0 Å². The first-order valence-electron chi connectivity index (χ1n) is 10.8. The van der Waals surface area contributed by atoms with Crippen LogP contribution in [0.4, 0.5) is 5.69 Å². The molecule has 0 spiro atoms. The minimum Gasteiger partial charge on any atom is -0.383 e. The molecular weight excluding hydrogens is 466 g/mol. The number of carbonyl (C=O) groups is 2. The van der Waals surface area contributed by atoms with Crippen molar-refractivity contribution in [2.75, 3.05) is 25.6 Å². The zero-order chi connectivity index (χ0) is 23.8. The summed E-state index contributed by atoms with van der Waals surface area (Å²) in [6.07, 6.45) is 5.25. The van der Waals surface area contributed by atoms with Gasteiger partial charge in [0.15, 0.2) is 0 Å². The summed E-state index contributed by atoms with van der Waals surface area (Å²) < 4.78 is 32.1. The lowest BCUT2D eigenvalue weighted by Gasteiger charge is -2.23. The van der Waals surface area contributed by atoms with E-state index in [1.165, 1.54) is 43.9 Å². The van der Waals surface area contributed by atoms with E-state index >= 15 is 0 Å². The van der Waals surface area contributed by atoms with E-state index in [2.05, 4.69) is 15.4 Å². The number of benzene rings is 2. The minimum atomic E-state index is -3.78. The fourth-order valence-electron chi connectivity index (χ4n) is 3.66. The Balaban J connectivity index is 1.71. The maximum absolute atomic E-state index is 12.8. The van der Waals surface area contributed by atoms with Crippen molar-refractivity contribution >= 4 is 39.1 Å². The van der Waals surface area contributed by atoms with Gasteiger partial charge in [-0.25, -0.2) is 13.1 Å². The predicted octanol–water partition coefficient (Wildman–Crippen LogP) is 3.58. The average molecular weight is 494 g/mol. The van der Waals surface area contributed by atoms with Crippen molar-refractivity contribution in [1.29, 1.82) is 0 Å². The van der Waals surface area contributed by atoms with Gasteiger partial charge in [-0.1, -0.05) is 36.9 Å². The molecule has 0 radical (unpaired) electrons. The fraction of sp³-hybridized carbons (Fsp3) is 0.391. The molecule has 3 rings (SSSR count). The van der Waals surface area contributed by atoms with Gasteiger partial charge in [0, 0.05) is 30.9 Å². The second kappa shape index (κ2) is 11.6. The van der Waals surface area contributed by atoms with Crippen LogP contribution in [-0.4, -0.2) is 46.5 Å². The fourth-order valence-corrected chi connectivity index (χ4v) is 4.92. The molecule has 10 heteroatoms. The lowest BCUT2D eigenvalue weighted by Crippen LogP contribution is -2.36. The molecule has 2 aromatic carbocycles. The molecule has 178 valence electrons. The molecule has 1 fully saturated rings. The van der Waals surface area contributed by atoms with Crippen molar-refractivity contribution in [3.05, 3.63) is 58.6 Å². The van der Waals surface area contributed by atoms with E-state index < -0.39 is 15.9 Å². The quantitative estimate of drug-likeness (QED) is 0.462. The van der Waals surface area contributed by atoms with E-state index in [4.69, 9.17) is 16.3 Å². The number of carbonyl (C=O) groups excluding carboxylic acids is 2. The molecular formula is C23H28ClN3O5S. The van der Waals surface area contributed by atoms with Crippen LogP contribution in [0, 0.1) is 0 Å². The molecule has 0 heterocycles. The van der Waals surface area contributed by atoms with Crippen LogP contribution in [0.3, 0.4) is 0 Å². The van der Waals surface area contributed by atoms with Crippen LogP contribution in [0.5, 0.6) is 0 Å². The molecule has 2 amide bonds. The molecule has 0 atom stereocenters. The van der Waals surface area contributed by atoms with Gasteiger partial charge in [-0.05, 0) is 49.2 Å². The third kappa shape index (κ3) is 7.01. The van der Waals surface area contributed by atoms with Crippen molar-refractivity contribution < 1.29 is 22.7 Å². The summed E-state index contributed by atoms with van der Waals surface area (Å²) in [6.45, 7) is 0.346. The number of sulfonamides is 1. The van der Waals surface area contributed by atoms with E-state index in [0.717, 1.165) is 25.7 Å². The van der Waals surface area contributed by atoms with Crippen molar-refractivity contribution in [1.82, 2.24) is 10.0 Å². The van der Waals surface area contributed by atoms with Gasteiger partial charge in [0.1, 0.15) is 0 Å². The van der Waals surface area contributed by atoms with Gasteiger partial charge >= 0.3 is 0 Å². The van der Waals surface area contributed by atoms with Crippen molar-refractivity contribution in [2.24, 2.45) is 0 Å². The maximum atomic E-state index is 12.8. The van der Waals surface area contributed by atoms with Crippen LogP contribution < -0.4 is 15.4 Å². The molecule has 0 aliphatic heterocycles. The first-order valence-corrected chi connectivity index (χ1v) is 12.7. The number of nitrogens with one attached hydrogen (secondary N) is 3. The van der Waals surface area contributed by atoms with Gasteiger partial charge in [0.05, 0.1) is 22.1 Å². The summed E-state index contributed by atoms with van der Waals surface area (Å²) in [4.78, 5) is 25.4. The van der Waals surface area contributed by atoms with Gasteiger partial charge in [-0.2, -0.15) is 0 Å². The molecule has 1 saturated carbocycles. The Labute approximate surface area is 199 Å². The number of rotatable bonds is 9. The van der Waals surface area contributed by atoms with Crippen LogP contribution in [0.1, 0.15) is 52.8 Å². The molecule has 0 saturated heterocycles. The molecule has 1 aliphatic carbocycles. The minimum absolute atomic E-state index is 0.0325. The summed E-state index contributed by atoms with van der Waals surface area (Å²) in [5.41, 5.74) is 0.816. The Hall–Kier alpha value is -2.46. The van der Waals surface area contributed by atoms with E-state index in [9.17, 15) is 18.0 Å². The van der Waals surface area contributed by atoms with Gasteiger partial charge in [0.25, 0.3) is 11.8 Å². The normalized spacial score (nSPS) is 14.6. The van der Waals surface area contributed by atoms with Crippen LogP contribution >= 0.6 is 11.6 Å². The zero-order valence-electron chi connectivity index (χ0n) is 18.4. The van der Waals surface area contributed by atoms with Crippen molar-refractivity contribution in [2.45, 2.75) is 43.0 Å². The maximum Gasteiger partial charge on any atom is 0.255 e. The SMILES string of the molecule is COCCNS(=O)(=O)c1cccc(C(=O)Nc2ccc(Cl)c(C(=O)NC3CCCCC3)c2)c1. The third-order valence-electron chi connectivity index (χ3n) is 5.41. The molecule has 0 aromatic heterocycles. The van der Waals surface area contributed by atoms with Crippen LogP contribution in [0.2, 0.25) is 5.02 Å². The Morgan fingerprint density at radius 1 is 1.06 bits per heavy atom. The topological polar surface area (TPSA) is 114 Å². The average Bonchev–Trinajstić information content (AvgIpc) is 2.81. The van der Waals surface area contributed by atoms with Crippen LogP contribution in [0.25, 0.3) is 0 Å². The number of anilines is 1. The highest BCUT2D eigenvalue weighted by Gasteiger charge is 2.20. The Morgan fingerprint density at radius 2 is 1.82 bits per heavy atom. The first-order chi connectivity index (χ1) is 15.8. The number of methoxy groups -OCH3 is 1. The van der Waals surface area contributed by atoms with Gasteiger partial charge < -0.3 is 15.4 Å². The van der Waals surface area contributed by atoms with E-state index in [0.29, 0.717) is 5.69 Å². The van der Waals surface area contributed by atoms with Crippen molar-refractivity contribution in [3.63, 3.8) is 0 Å². The molecule has 2 aromatic rings. The zero-order valence-corrected chi connectivity index (χ0v) is 20.0. The monoisotopic (exact) mass is 493 g/mol. The van der Waals surface area contributed by atoms with Gasteiger partial charge in [0.2, 0.25) is 10.0 Å². The lowest BCUT2D eigenvalue weighted by atomic mass is 9.95. The highest BCUT2D eigenvalue weighted by molar-refractivity contribution is 7.89. The Morgan fingerprint density at radius 3 is 2.55 bits per heavy atom. The standard InChI is InChI=1S/C23H28ClN3O5S/c1-32-13-12-25-33(30,31)19-9-5-6-16(14-19)22(28)27-18-10-11-21(24)20(15-18)23(29)26-17-7-3-2-4-8-17/h5-6,9-11,14-15,17,25H,2-4,7-8,12-13H2,1H3,(H,26,29)(H,27,28). The van der Waals surface area contributed by atoms with E-state index in [1.54, 1.807) is 12.1 Å². The molecule has 1 aliphatic rings.